The third-order valence-electron chi connectivity index (χ3n) is 5.09. The van der Waals surface area contributed by atoms with Gasteiger partial charge in [-0.1, -0.05) is 0 Å². The summed E-state index contributed by atoms with van der Waals surface area (Å²) in [6, 6.07) is 14.2. The number of benzene rings is 2. The van der Waals surface area contributed by atoms with Crippen LogP contribution in [0.4, 0.5) is 20.3 Å². The van der Waals surface area contributed by atoms with E-state index in [9.17, 15) is 18.4 Å². The average molecular weight is 410 g/mol. The number of carbonyl (C=O) groups is 1. The fourth-order valence-electron chi connectivity index (χ4n) is 3.51. The van der Waals surface area contributed by atoms with Gasteiger partial charge in [-0.15, -0.1) is 5.10 Å². The molecule has 154 valence electrons. The zero-order valence-corrected chi connectivity index (χ0v) is 16.1. The Morgan fingerprint density at radius 2 is 1.63 bits per heavy atom. The Kier molecular flexibility index (Phi) is 5.56. The number of nitrogens with one attached hydrogen (secondary N) is 1. The molecule has 1 amide bonds. The van der Waals surface area contributed by atoms with Crippen LogP contribution in [0.15, 0.2) is 65.5 Å². The predicted octanol–water partition coefficient (Wildman–Crippen LogP) is 3.37. The minimum Gasteiger partial charge on any atom is -0.354 e. The number of aromatic nitrogens is 2. The lowest BCUT2D eigenvalue weighted by Gasteiger charge is -2.32. The molecule has 0 aliphatic carbocycles. The normalized spacial score (nSPS) is 16.3. The van der Waals surface area contributed by atoms with Gasteiger partial charge in [0.2, 0.25) is 5.91 Å². The van der Waals surface area contributed by atoms with Crippen LogP contribution in [0.2, 0.25) is 0 Å². The molecule has 1 unspecified atom stereocenters. The fraction of sp³-hybridized carbons (Fsp3) is 0.227. The molecule has 30 heavy (non-hydrogen) atoms. The first-order valence-corrected chi connectivity index (χ1v) is 9.67. The number of hydrogen-bond acceptors (Lipinski definition) is 4. The lowest BCUT2D eigenvalue weighted by Crippen LogP contribution is -2.41. The maximum absolute atomic E-state index is 13.2. The van der Waals surface area contributed by atoms with Crippen molar-refractivity contribution in [1.82, 2.24) is 9.78 Å². The summed E-state index contributed by atoms with van der Waals surface area (Å²) in [7, 11) is 0. The number of halogens is 2. The van der Waals surface area contributed by atoms with Crippen LogP contribution < -0.4 is 15.8 Å². The van der Waals surface area contributed by atoms with Crippen LogP contribution in [0, 0.1) is 17.6 Å². The van der Waals surface area contributed by atoms with Crippen LogP contribution in [0.3, 0.4) is 0 Å². The van der Waals surface area contributed by atoms with Crippen LogP contribution in [-0.4, -0.2) is 28.8 Å². The van der Waals surface area contributed by atoms with Gasteiger partial charge in [-0.3, -0.25) is 9.59 Å². The zero-order chi connectivity index (χ0) is 21.1. The average Bonchev–Trinajstić information content (AvgIpc) is 2.76. The van der Waals surface area contributed by atoms with Crippen LogP contribution in [-0.2, 0) is 4.79 Å². The van der Waals surface area contributed by atoms with E-state index in [2.05, 4.69) is 10.4 Å². The highest BCUT2D eigenvalue weighted by Crippen LogP contribution is 2.23. The van der Waals surface area contributed by atoms with Crippen LogP contribution in [0.1, 0.15) is 12.8 Å². The Bertz CT molecular complexity index is 1100. The van der Waals surface area contributed by atoms with E-state index in [1.165, 1.54) is 59.3 Å². The van der Waals surface area contributed by atoms with Crippen molar-refractivity contribution in [2.45, 2.75) is 12.8 Å². The summed E-state index contributed by atoms with van der Waals surface area (Å²) in [5.74, 6) is -0.596. The molecule has 4 rings (SSSR count). The van der Waals surface area contributed by atoms with Crippen LogP contribution in [0.25, 0.3) is 5.69 Å². The molecule has 8 heteroatoms. The molecule has 3 aromatic rings. The maximum atomic E-state index is 13.2. The van der Waals surface area contributed by atoms with Crippen molar-refractivity contribution in [1.29, 1.82) is 0 Å². The van der Waals surface area contributed by atoms with E-state index in [-0.39, 0.29) is 23.2 Å². The van der Waals surface area contributed by atoms with Gasteiger partial charge in [0.25, 0.3) is 5.56 Å². The second-order valence-corrected chi connectivity index (χ2v) is 7.20. The smallest absolute Gasteiger partial charge is 0.271 e. The summed E-state index contributed by atoms with van der Waals surface area (Å²) in [4.78, 5) is 26.9. The third kappa shape index (κ3) is 4.37. The number of rotatable bonds is 4. The van der Waals surface area contributed by atoms with E-state index in [0.29, 0.717) is 30.3 Å². The Morgan fingerprint density at radius 3 is 2.33 bits per heavy atom. The highest BCUT2D eigenvalue weighted by molar-refractivity contribution is 5.93. The first-order chi connectivity index (χ1) is 14.5. The Balaban J connectivity index is 1.51. The van der Waals surface area contributed by atoms with Gasteiger partial charge in [-0.25, -0.2) is 8.78 Å². The van der Waals surface area contributed by atoms with Gasteiger partial charge in [0.15, 0.2) is 0 Å². The molecule has 1 aliphatic heterocycles. The summed E-state index contributed by atoms with van der Waals surface area (Å²) in [6.07, 6.45) is 1.51. The number of hydrogen-bond donors (Lipinski definition) is 1. The van der Waals surface area contributed by atoms with Crippen molar-refractivity contribution in [2.75, 3.05) is 23.3 Å². The number of amides is 1. The largest absolute Gasteiger partial charge is 0.354 e. The Hall–Kier alpha value is -3.55. The van der Waals surface area contributed by atoms with Crippen molar-refractivity contribution in [2.24, 2.45) is 5.92 Å². The minimum absolute atomic E-state index is 0.141. The number of nitrogens with zero attached hydrogens (tertiary/aromatic N) is 3. The zero-order valence-electron chi connectivity index (χ0n) is 16.1. The van der Waals surface area contributed by atoms with Gasteiger partial charge in [0, 0.05) is 24.8 Å². The molecule has 1 atom stereocenters. The fourth-order valence-corrected chi connectivity index (χ4v) is 3.51. The quantitative estimate of drug-likeness (QED) is 0.716. The highest BCUT2D eigenvalue weighted by atomic mass is 19.1. The van der Waals surface area contributed by atoms with Gasteiger partial charge in [-0.05, 0) is 67.4 Å². The van der Waals surface area contributed by atoms with Gasteiger partial charge in [-0.2, -0.15) is 4.68 Å². The first-order valence-electron chi connectivity index (χ1n) is 9.67. The van der Waals surface area contributed by atoms with Gasteiger partial charge in [0.1, 0.15) is 17.5 Å². The molecule has 0 radical (unpaired) electrons. The number of piperidine rings is 1. The molecule has 1 aliphatic rings. The summed E-state index contributed by atoms with van der Waals surface area (Å²) >= 11 is 0. The van der Waals surface area contributed by atoms with E-state index in [0.717, 1.165) is 12.8 Å². The van der Waals surface area contributed by atoms with Crippen molar-refractivity contribution < 1.29 is 13.6 Å². The highest BCUT2D eigenvalue weighted by Gasteiger charge is 2.27. The first kappa shape index (κ1) is 19.8. The number of carbonyl (C=O) groups excluding carboxylic acids is 1. The van der Waals surface area contributed by atoms with Gasteiger partial charge in [0.05, 0.1) is 11.6 Å². The van der Waals surface area contributed by atoms with Crippen molar-refractivity contribution >= 4 is 17.4 Å². The van der Waals surface area contributed by atoms with Gasteiger partial charge < -0.3 is 10.2 Å². The minimum atomic E-state index is -0.394. The Morgan fingerprint density at radius 1 is 0.967 bits per heavy atom. The SMILES string of the molecule is O=C(Nc1ccc(F)cc1)C1CCCN(c2ccc(=O)n(-c3ccc(F)cc3)n2)C1. The maximum Gasteiger partial charge on any atom is 0.271 e. The van der Waals surface area contributed by atoms with Crippen molar-refractivity contribution in [3.63, 3.8) is 0 Å². The molecule has 6 nitrogen and oxygen atoms in total. The lowest BCUT2D eigenvalue weighted by molar-refractivity contribution is -0.120. The molecule has 2 heterocycles. The second-order valence-electron chi connectivity index (χ2n) is 7.20. The monoisotopic (exact) mass is 410 g/mol. The second kappa shape index (κ2) is 8.44. The summed E-state index contributed by atoms with van der Waals surface area (Å²) in [5.41, 5.74) is 0.681. The predicted molar refractivity (Wildman–Crippen MR) is 110 cm³/mol. The molecule has 1 saturated heterocycles. The van der Waals surface area contributed by atoms with E-state index >= 15 is 0 Å². The topological polar surface area (TPSA) is 67.2 Å². The van der Waals surface area contributed by atoms with Gasteiger partial charge >= 0.3 is 0 Å². The van der Waals surface area contributed by atoms with E-state index < -0.39 is 5.82 Å². The Labute approximate surface area is 171 Å². The van der Waals surface area contributed by atoms with E-state index in [4.69, 9.17) is 0 Å². The molecule has 0 spiro atoms. The molecule has 0 bridgehead atoms. The molecule has 0 saturated carbocycles. The third-order valence-corrected chi connectivity index (χ3v) is 5.09. The summed E-state index contributed by atoms with van der Waals surface area (Å²) in [6.45, 7) is 1.15. The van der Waals surface area contributed by atoms with Crippen molar-refractivity contribution in [3.05, 3.63) is 82.7 Å². The molecular formula is C22H20F2N4O2. The molecular weight excluding hydrogens is 390 g/mol. The molecule has 1 N–H and O–H groups in total. The lowest BCUT2D eigenvalue weighted by atomic mass is 9.97. The summed E-state index contributed by atoms with van der Waals surface area (Å²) in [5, 5.41) is 7.24. The molecule has 1 fully saturated rings. The molecule has 1 aromatic heterocycles. The van der Waals surface area contributed by atoms with Crippen LogP contribution >= 0.6 is 0 Å². The molecule has 2 aromatic carbocycles. The standard InChI is InChI=1S/C22H20F2N4O2/c23-16-3-7-18(8-4-16)25-22(30)15-2-1-13-27(14-15)20-11-12-21(29)28(26-20)19-9-5-17(24)6-10-19/h3-12,15H,1-2,13-14H2,(H,25,30). The number of anilines is 2. The van der Waals surface area contributed by atoms with Crippen molar-refractivity contribution in [3.8, 4) is 5.69 Å². The van der Waals surface area contributed by atoms with E-state index in [1.807, 2.05) is 4.90 Å². The van der Waals surface area contributed by atoms with E-state index in [1.54, 1.807) is 6.07 Å². The van der Waals surface area contributed by atoms with Crippen LogP contribution in [0.5, 0.6) is 0 Å². The summed E-state index contributed by atoms with van der Waals surface area (Å²) < 4.78 is 27.5.